The zero-order chi connectivity index (χ0) is 11.5. The predicted octanol–water partition coefficient (Wildman–Crippen LogP) is 2.92. The normalized spacial score (nSPS) is 10.1. The first kappa shape index (κ1) is 10.9. The van der Waals surface area contributed by atoms with E-state index >= 15 is 0 Å². The Morgan fingerprint density at radius 1 is 1.31 bits per heavy atom. The number of nitrogens with zero attached hydrogens (tertiary/aromatic N) is 2. The van der Waals surface area contributed by atoms with E-state index in [0.717, 1.165) is 15.8 Å². The molecule has 0 saturated carbocycles. The van der Waals surface area contributed by atoms with Crippen molar-refractivity contribution in [2.45, 2.75) is 6.92 Å². The van der Waals surface area contributed by atoms with Gasteiger partial charge >= 0.3 is 0 Å². The average Bonchev–Trinajstić information content (AvgIpc) is 2.24. The zero-order valence-electron chi connectivity index (χ0n) is 8.64. The highest BCUT2D eigenvalue weighted by molar-refractivity contribution is 9.10. The van der Waals surface area contributed by atoms with E-state index in [4.69, 9.17) is 10.5 Å². The number of hydrogen-bond acceptors (Lipinski definition) is 4. The lowest BCUT2D eigenvalue weighted by Crippen LogP contribution is -1.95. The predicted molar refractivity (Wildman–Crippen MR) is 65.4 cm³/mol. The molecular formula is C11H10BrN3O. The number of nitrogens with two attached hydrogens (primary N) is 1. The quantitative estimate of drug-likeness (QED) is 0.918. The van der Waals surface area contributed by atoms with Crippen molar-refractivity contribution in [1.29, 1.82) is 0 Å². The Morgan fingerprint density at radius 3 is 2.88 bits per heavy atom. The van der Waals surface area contributed by atoms with Crippen LogP contribution in [0.3, 0.4) is 0 Å². The van der Waals surface area contributed by atoms with Crippen molar-refractivity contribution in [1.82, 2.24) is 9.97 Å². The van der Waals surface area contributed by atoms with Gasteiger partial charge in [0.2, 0.25) is 5.88 Å². The fourth-order valence-electron chi connectivity index (χ4n) is 1.21. The number of anilines is 1. The van der Waals surface area contributed by atoms with Gasteiger partial charge in [0, 0.05) is 4.47 Å². The van der Waals surface area contributed by atoms with Gasteiger partial charge in [-0.05, 0) is 24.6 Å². The lowest BCUT2D eigenvalue weighted by atomic mass is 10.2. The molecule has 0 fully saturated rings. The number of benzene rings is 1. The number of nitrogen functional groups attached to an aromatic ring is 1. The largest absolute Gasteiger partial charge is 0.437 e. The van der Waals surface area contributed by atoms with Gasteiger partial charge in [-0.1, -0.05) is 22.0 Å². The van der Waals surface area contributed by atoms with Gasteiger partial charge in [0.25, 0.3) is 0 Å². The molecule has 2 rings (SSSR count). The highest BCUT2D eigenvalue weighted by atomic mass is 79.9. The molecule has 4 nitrogen and oxygen atoms in total. The summed E-state index contributed by atoms with van der Waals surface area (Å²) in [4.78, 5) is 7.93. The van der Waals surface area contributed by atoms with Crippen molar-refractivity contribution >= 4 is 21.7 Å². The molecule has 0 atom stereocenters. The highest BCUT2D eigenvalue weighted by Crippen LogP contribution is 2.26. The van der Waals surface area contributed by atoms with Crippen LogP contribution in [0.1, 0.15) is 5.56 Å². The number of aryl methyl sites for hydroxylation is 1. The molecule has 1 aromatic heterocycles. The van der Waals surface area contributed by atoms with E-state index in [0.29, 0.717) is 11.7 Å². The summed E-state index contributed by atoms with van der Waals surface area (Å²) in [6, 6.07) is 5.78. The second-order valence-electron chi connectivity index (χ2n) is 3.29. The average molecular weight is 280 g/mol. The van der Waals surface area contributed by atoms with Crippen molar-refractivity contribution in [3.63, 3.8) is 0 Å². The second-order valence-corrected chi connectivity index (χ2v) is 4.21. The third kappa shape index (κ3) is 2.49. The van der Waals surface area contributed by atoms with Crippen LogP contribution in [0.25, 0.3) is 0 Å². The Balaban J connectivity index is 2.30. The van der Waals surface area contributed by atoms with Gasteiger partial charge in [0.05, 0.1) is 12.4 Å². The minimum Gasteiger partial charge on any atom is -0.437 e. The highest BCUT2D eigenvalue weighted by Gasteiger charge is 2.03. The van der Waals surface area contributed by atoms with Crippen molar-refractivity contribution < 1.29 is 4.74 Å². The van der Waals surface area contributed by atoms with Crippen LogP contribution in [-0.4, -0.2) is 9.97 Å². The first-order chi connectivity index (χ1) is 7.65. The summed E-state index contributed by atoms with van der Waals surface area (Å²) in [7, 11) is 0. The van der Waals surface area contributed by atoms with Gasteiger partial charge in [0.15, 0.2) is 0 Å². The monoisotopic (exact) mass is 279 g/mol. The minimum atomic E-state index is 0.338. The summed E-state index contributed by atoms with van der Waals surface area (Å²) in [6.45, 7) is 1.96. The van der Waals surface area contributed by atoms with E-state index in [1.165, 1.54) is 12.4 Å². The molecule has 2 aromatic rings. The van der Waals surface area contributed by atoms with Gasteiger partial charge in [-0.15, -0.1) is 0 Å². The molecule has 0 aliphatic carbocycles. The van der Waals surface area contributed by atoms with E-state index in [1.807, 2.05) is 25.1 Å². The van der Waals surface area contributed by atoms with Crippen LogP contribution < -0.4 is 10.5 Å². The number of rotatable bonds is 2. The number of aromatic nitrogens is 2. The molecule has 0 amide bonds. The first-order valence-electron chi connectivity index (χ1n) is 4.66. The lowest BCUT2D eigenvalue weighted by molar-refractivity contribution is 0.457. The summed E-state index contributed by atoms with van der Waals surface area (Å²) in [6.07, 6.45) is 3.00. The minimum absolute atomic E-state index is 0.338. The molecule has 0 saturated heterocycles. The SMILES string of the molecule is Cc1ccc(Br)cc1Oc1cncc(N)n1. The summed E-state index contributed by atoms with van der Waals surface area (Å²) >= 11 is 3.38. The molecule has 0 spiro atoms. The van der Waals surface area contributed by atoms with E-state index in [2.05, 4.69) is 25.9 Å². The summed E-state index contributed by atoms with van der Waals surface area (Å²) in [5.74, 6) is 1.46. The summed E-state index contributed by atoms with van der Waals surface area (Å²) < 4.78 is 6.54. The maximum atomic E-state index is 5.59. The Hall–Kier alpha value is -1.62. The lowest BCUT2D eigenvalue weighted by Gasteiger charge is -2.07. The van der Waals surface area contributed by atoms with Gasteiger partial charge in [0.1, 0.15) is 11.6 Å². The van der Waals surface area contributed by atoms with Gasteiger partial charge in [-0.3, -0.25) is 4.98 Å². The van der Waals surface area contributed by atoms with Crippen LogP contribution in [0, 0.1) is 6.92 Å². The van der Waals surface area contributed by atoms with Crippen LogP contribution in [0.2, 0.25) is 0 Å². The molecule has 2 N–H and O–H groups in total. The number of hydrogen-bond donors (Lipinski definition) is 1. The van der Waals surface area contributed by atoms with E-state index < -0.39 is 0 Å². The van der Waals surface area contributed by atoms with Crippen molar-refractivity contribution in [3.05, 3.63) is 40.6 Å². The molecule has 82 valence electrons. The van der Waals surface area contributed by atoms with Gasteiger partial charge in [-0.2, -0.15) is 4.98 Å². The van der Waals surface area contributed by atoms with Crippen molar-refractivity contribution in [2.75, 3.05) is 5.73 Å². The molecule has 0 aliphatic heterocycles. The molecule has 0 radical (unpaired) electrons. The fourth-order valence-corrected chi connectivity index (χ4v) is 1.55. The smallest absolute Gasteiger partial charge is 0.239 e. The van der Waals surface area contributed by atoms with Crippen LogP contribution in [0.5, 0.6) is 11.6 Å². The zero-order valence-corrected chi connectivity index (χ0v) is 10.2. The van der Waals surface area contributed by atoms with Crippen molar-refractivity contribution in [3.8, 4) is 11.6 Å². The third-order valence-corrected chi connectivity index (χ3v) is 2.49. The van der Waals surface area contributed by atoms with Gasteiger partial charge < -0.3 is 10.5 Å². The standard InChI is InChI=1S/C11H10BrN3O/c1-7-2-3-8(12)4-9(7)16-11-6-14-5-10(13)15-11/h2-6H,1H3,(H2,13,15). The van der Waals surface area contributed by atoms with Crippen LogP contribution in [0.4, 0.5) is 5.82 Å². The van der Waals surface area contributed by atoms with Crippen LogP contribution in [0.15, 0.2) is 35.1 Å². The maximum Gasteiger partial charge on any atom is 0.239 e. The number of ether oxygens (including phenoxy) is 1. The summed E-state index contributed by atoms with van der Waals surface area (Å²) in [5.41, 5.74) is 6.54. The Morgan fingerprint density at radius 2 is 2.12 bits per heavy atom. The number of halogens is 1. The van der Waals surface area contributed by atoms with Crippen LogP contribution in [-0.2, 0) is 0 Å². The molecular weight excluding hydrogens is 270 g/mol. The molecule has 1 aromatic carbocycles. The molecule has 0 bridgehead atoms. The van der Waals surface area contributed by atoms with E-state index in [9.17, 15) is 0 Å². The Bertz CT molecular complexity index is 516. The summed E-state index contributed by atoms with van der Waals surface area (Å²) in [5, 5.41) is 0. The fraction of sp³-hybridized carbons (Fsp3) is 0.0909. The third-order valence-electron chi connectivity index (χ3n) is 2.00. The first-order valence-corrected chi connectivity index (χ1v) is 5.46. The Kier molecular flexibility index (Phi) is 3.05. The van der Waals surface area contributed by atoms with Crippen LogP contribution >= 0.6 is 15.9 Å². The van der Waals surface area contributed by atoms with Crippen molar-refractivity contribution in [2.24, 2.45) is 0 Å². The van der Waals surface area contributed by atoms with E-state index in [1.54, 1.807) is 0 Å². The molecule has 0 aliphatic rings. The second kappa shape index (κ2) is 4.49. The maximum absolute atomic E-state index is 5.59. The molecule has 5 heteroatoms. The Labute approximate surface area is 102 Å². The van der Waals surface area contributed by atoms with Gasteiger partial charge in [-0.25, -0.2) is 0 Å². The molecule has 0 unspecified atom stereocenters. The van der Waals surface area contributed by atoms with E-state index in [-0.39, 0.29) is 0 Å². The topological polar surface area (TPSA) is 61.0 Å². The molecule has 16 heavy (non-hydrogen) atoms. The molecule has 1 heterocycles.